The smallest absolute Gasteiger partial charge is 0.235 e. The largest absolute Gasteiger partial charge is 0.309 e. The van der Waals surface area contributed by atoms with Crippen LogP contribution >= 0.6 is 0 Å². The van der Waals surface area contributed by atoms with Gasteiger partial charge >= 0.3 is 0 Å². The van der Waals surface area contributed by atoms with Crippen LogP contribution in [0.2, 0.25) is 0 Å². The van der Waals surface area contributed by atoms with E-state index in [0.29, 0.717) is 5.95 Å². The normalized spacial score (nSPS) is 13.5. The Morgan fingerprint density at radius 2 is 1.17 bits per heavy atom. The number of hydrogen-bond acceptors (Lipinski definition) is 2. The maximum Gasteiger partial charge on any atom is 0.235 e. The molecule has 1 aliphatic rings. The Morgan fingerprint density at radius 1 is 0.511 bits per heavy atom. The molecule has 0 radical (unpaired) electrons. The number of fused-ring (bicyclic) bond motifs is 9. The third-order valence-electron chi connectivity index (χ3n) is 10.1. The number of hydrogen-bond donors (Lipinski definition) is 0. The first-order valence-corrected chi connectivity index (χ1v) is 16.2. The first kappa shape index (κ1) is 26.2. The minimum absolute atomic E-state index is 0.151. The summed E-state index contributed by atoms with van der Waals surface area (Å²) in [7, 11) is 0. The molecular formula is C43H30N4. The van der Waals surface area contributed by atoms with Crippen LogP contribution in [0.25, 0.3) is 77.8 Å². The molecule has 4 nitrogen and oxygen atoms in total. The molecule has 222 valence electrons. The van der Waals surface area contributed by atoms with Gasteiger partial charge in [-0.15, -0.1) is 0 Å². The molecule has 0 amide bonds. The van der Waals surface area contributed by atoms with Crippen LogP contribution in [0.1, 0.15) is 25.0 Å². The predicted octanol–water partition coefficient (Wildman–Crippen LogP) is 10.6. The summed E-state index contributed by atoms with van der Waals surface area (Å²) < 4.78 is 4.73. The highest BCUT2D eigenvalue weighted by Crippen LogP contribution is 2.54. The van der Waals surface area contributed by atoms with Crippen LogP contribution in [0.4, 0.5) is 0 Å². The molecule has 0 fully saturated rings. The molecule has 0 saturated carbocycles. The van der Waals surface area contributed by atoms with E-state index in [-0.39, 0.29) is 5.41 Å². The van der Waals surface area contributed by atoms with Gasteiger partial charge in [0.1, 0.15) is 0 Å². The monoisotopic (exact) mass is 602 g/mol. The molecule has 0 aliphatic heterocycles. The van der Waals surface area contributed by atoms with Crippen molar-refractivity contribution >= 4 is 43.6 Å². The second-order valence-electron chi connectivity index (χ2n) is 13.1. The maximum atomic E-state index is 5.32. The van der Waals surface area contributed by atoms with Crippen molar-refractivity contribution in [3.8, 4) is 34.2 Å². The SMILES string of the molecule is CC1(C)c2ccccc2-c2c1c1cc3c4ccccc4n(-c4nc(-c5ccccc5)c5ccccc5n4)c3cc1n2-c1ccccc1. The molecule has 0 unspecified atom stereocenters. The van der Waals surface area contributed by atoms with Gasteiger partial charge in [-0.3, -0.25) is 4.57 Å². The van der Waals surface area contributed by atoms with Gasteiger partial charge in [0.15, 0.2) is 0 Å². The number of rotatable bonds is 3. The molecule has 47 heavy (non-hydrogen) atoms. The van der Waals surface area contributed by atoms with Crippen molar-refractivity contribution in [3.05, 3.63) is 157 Å². The molecular weight excluding hydrogens is 573 g/mol. The average Bonchev–Trinajstić information content (AvgIpc) is 3.71. The van der Waals surface area contributed by atoms with E-state index < -0.39 is 0 Å². The molecule has 0 spiro atoms. The molecule has 3 aromatic heterocycles. The Hall–Kier alpha value is -6.00. The Kier molecular flexibility index (Phi) is 5.31. The molecule has 9 aromatic rings. The minimum Gasteiger partial charge on any atom is -0.309 e. The zero-order chi connectivity index (χ0) is 31.3. The van der Waals surface area contributed by atoms with Crippen LogP contribution in [0, 0.1) is 0 Å². The summed E-state index contributed by atoms with van der Waals surface area (Å²) in [6, 6.07) is 51.9. The van der Waals surface area contributed by atoms with E-state index >= 15 is 0 Å². The lowest BCUT2D eigenvalue weighted by Gasteiger charge is -2.21. The molecule has 6 aromatic carbocycles. The highest BCUT2D eigenvalue weighted by molar-refractivity contribution is 6.15. The Morgan fingerprint density at radius 3 is 2.00 bits per heavy atom. The summed E-state index contributed by atoms with van der Waals surface area (Å²) in [5.41, 5.74) is 12.6. The summed E-state index contributed by atoms with van der Waals surface area (Å²) in [6.45, 7) is 4.74. The first-order chi connectivity index (χ1) is 23.1. The third kappa shape index (κ3) is 3.58. The zero-order valence-electron chi connectivity index (χ0n) is 26.1. The summed E-state index contributed by atoms with van der Waals surface area (Å²) in [4.78, 5) is 10.5. The molecule has 3 heterocycles. The Balaban J connectivity index is 1.36. The second kappa shape index (κ2) is 9.51. The number of nitrogens with zero attached hydrogens (tertiary/aromatic N) is 4. The van der Waals surface area contributed by atoms with Crippen molar-refractivity contribution in [2.45, 2.75) is 19.3 Å². The number of aromatic nitrogens is 4. The van der Waals surface area contributed by atoms with Crippen LogP contribution < -0.4 is 0 Å². The molecule has 0 saturated heterocycles. The van der Waals surface area contributed by atoms with E-state index in [1.54, 1.807) is 0 Å². The van der Waals surface area contributed by atoms with Crippen LogP contribution in [0.15, 0.2) is 146 Å². The zero-order valence-corrected chi connectivity index (χ0v) is 26.1. The topological polar surface area (TPSA) is 35.6 Å². The predicted molar refractivity (Wildman–Crippen MR) is 194 cm³/mol. The summed E-state index contributed by atoms with van der Waals surface area (Å²) in [5, 5.41) is 4.72. The molecule has 0 N–H and O–H groups in total. The van der Waals surface area contributed by atoms with Crippen LogP contribution in [-0.4, -0.2) is 19.1 Å². The van der Waals surface area contributed by atoms with Gasteiger partial charge in [-0.1, -0.05) is 123 Å². The highest BCUT2D eigenvalue weighted by atomic mass is 15.2. The van der Waals surface area contributed by atoms with Crippen molar-refractivity contribution in [3.63, 3.8) is 0 Å². The van der Waals surface area contributed by atoms with Gasteiger partial charge in [0.25, 0.3) is 0 Å². The maximum absolute atomic E-state index is 5.32. The van der Waals surface area contributed by atoms with Crippen LogP contribution in [-0.2, 0) is 5.41 Å². The van der Waals surface area contributed by atoms with Crippen LogP contribution in [0.5, 0.6) is 0 Å². The molecule has 1 aliphatic carbocycles. The van der Waals surface area contributed by atoms with Crippen molar-refractivity contribution in [2.75, 3.05) is 0 Å². The quantitative estimate of drug-likeness (QED) is 0.202. The second-order valence-corrected chi connectivity index (χ2v) is 13.1. The standard InChI is InChI=1S/C43H30N4/c1-43(2)34-22-12-9-20-30(34)41-39(43)33-25-32-29-19-11-14-24-36(29)47(37(32)26-38(33)46(41)28-17-7-4-8-18-28)42-44-35-23-13-10-21-31(35)40(45-42)27-15-5-3-6-16-27/h3-26H,1-2H3. The summed E-state index contributed by atoms with van der Waals surface area (Å²) in [6.07, 6.45) is 0. The van der Waals surface area contributed by atoms with E-state index in [2.05, 4.69) is 163 Å². The molecule has 4 heteroatoms. The minimum atomic E-state index is -0.151. The van der Waals surface area contributed by atoms with E-state index in [0.717, 1.165) is 38.9 Å². The third-order valence-corrected chi connectivity index (χ3v) is 10.1. The summed E-state index contributed by atoms with van der Waals surface area (Å²) >= 11 is 0. The van der Waals surface area contributed by atoms with Gasteiger partial charge in [0.2, 0.25) is 5.95 Å². The van der Waals surface area contributed by atoms with Gasteiger partial charge in [0, 0.05) is 43.8 Å². The lowest BCUT2D eigenvalue weighted by Crippen LogP contribution is -2.14. The fourth-order valence-electron chi connectivity index (χ4n) is 8.05. The Labute approximate surface area is 272 Å². The van der Waals surface area contributed by atoms with Crippen molar-refractivity contribution in [2.24, 2.45) is 0 Å². The van der Waals surface area contributed by atoms with Crippen molar-refractivity contribution in [1.82, 2.24) is 19.1 Å². The lowest BCUT2D eigenvalue weighted by atomic mass is 9.81. The fraction of sp³-hybridized carbons (Fsp3) is 0.0698. The average molecular weight is 603 g/mol. The van der Waals surface area contributed by atoms with Gasteiger partial charge in [-0.2, -0.15) is 0 Å². The van der Waals surface area contributed by atoms with Gasteiger partial charge < -0.3 is 4.57 Å². The number of para-hydroxylation sites is 3. The van der Waals surface area contributed by atoms with E-state index in [4.69, 9.17) is 9.97 Å². The number of benzene rings is 6. The van der Waals surface area contributed by atoms with Gasteiger partial charge in [-0.05, 0) is 47.5 Å². The highest BCUT2D eigenvalue weighted by Gasteiger charge is 2.40. The van der Waals surface area contributed by atoms with Crippen molar-refractivity contribution in [1.29, 1.82) is 0 Å². The first-order valence-electron chi connectivity index (χ1n) is 16.2. The van der Waals surface area contributed by atoms with Gasteiger partial charge in [0.05, 0.1) is 33.5 Å². The van der Waals surface area contributed by atoms with Crippen LogP contribution in [0.3, 0.4) is 0 Å². The lowest BCUT2D eigenvalue weighted by molar-refractivity contribution is 0.666. The van der Waals surface area contributed by atoms with E-state index in [1.165, 1.54) is 44.1 Å². The van der Waals surface area contributed by atoms with Gasteiger partial charge in [-0.25, -0.2) is 9.97 Å². The Bertz CT molecular complexity index is 2700. The summed E-state index contributed by atoms with van der Waals surface area (Å²) in [5.74, 6) is 0.670. The molecule has 0 atom stereocenters. The molecule has 0 bridgehead atoms. The fourth-order valence-corrected chi connectivity index (χ4v) is 8.05. The van der Waals surface area contributed by atoms with Crippen molar-refractivity contribution < 1.29 is 0 Å². The van der Waals surface area contributed by atoms with E-state index in [1.807, 2.05) is 6.07 Å². The molecule has 10 rings (SSSR count). The van der Waals surface area contributed by atoms with E-state index in [9.17, 15) is 0 Å².